The first kappa shape index (κ1) is 20.2. The molecule has 1 saturated heterocycles. The molecule has 4 rings (SSSR count). The van der Waals surface area contributed by atoms with E-state index >= 15 is 0 Å². The Kier molecular flexibility index (Phi) is 6.70. The van der Waals surface area contributed by atoms with E-state index in [1.807, 2.05) is 36.4 Å². The minimum atomic E-state index is -0.983. The summed E-state index contributed by atoms with van der Waals surface area (Å²) >= 11 is 6.18. The molecule has 1 amide bonds. The van der Waals surface area contributed by atoms with Gasteiger partial charge in [-0.2, -0.15) is 0 Å². The van der Waals surface area contributed by atoms with Crippen LogP contribution in [0.4, 0.5) is 0 Å². The van der Waals surface area contributed by atoms with E-state index in [1.165, 1.54) is 32.4 Å². The number of halogens is 1. The van der Waals surface area contributed by atoms with Crippen LogP contribution in [0.5, 0.6) is 5.75 Å². The minimum Gasteiger partial charge on any atom is -0.455 e. The minimum absolute atomic E-state index is 0.245. The van der Waals surface area contributed by atoms with Crippen molar-refractivity contribution in [3.63, 3.8) is 0 Å². The van der Waals surface area contributed by atoms with Crippen LogP contribution in [-0.4, -0.2) is 43.3 Å². The van der Waals surface area contributed by atoms with Crippen LogP contribution in [0, 0.1) is 0 Å². The molecule has 0 aromatic heterocycles. The number of carbonyl (C=O) groups is 1. The standard InChI is InChI=1S/C23H27ClN2O3/c24-18-10-11-20-19(16-18)21(17-8-3-1-4-9-17)29-23(28-20)22(27)25-12-7-15-26-13-5-2-6-14-26/h1,3-4,8-11,16,21,23H,2,5-7,12-15H2,(H,25,27). The Bertz CT molecular complexity index is 824. The van der Waals surface area contributed by atoms with E-state index < -0.39 is 12.4 Å². The third-order valence-corrected chi connectivity index (χ3v) is 5.70. The van der Waals surface area contributed by atoms with Gasteiger partial charge in [0.2, 0.25) is 0 Å². The average molecular weight is 415 g/mol. The molecular weight excluding hydrogens is 388 g/mol. The van der Waals surface area contributed by atoms with E-state index in [2.05, 4.69) is 10.2 Å². The highest BCUT2D eigenvalue weighted by atomic mass is 35.5. The van der Waals surface area contributed by atoms with Gasteiger partial charge in [0.25, 0.3) is 12.2 Å². The van der Waals surface area contributed by atoms with Crippen molar-refractivity contribution in [2.75, 3.05) is 26.2 Å². The molecular formula is C23H27ClN2O3. The van der Waals surface area contributed by atoms with Gasteiger partial charge in [0, 0.05) is 17.1 Å². The average Bonchev–Trinajstić information content (AvgIpc) is 2.77. The number of fused-ring (bicyclic) bond motifs is 1. The smallest absolute Gasteiger partial charge is 0.289 e. The molecule has 154 valence electrons. The molecule has 2 atom stereocenters. The van der Waals surface area contributed by atoms with Crippen LogP contribution in [0.25, 0.3) is 0 Å². The van der Waals surface area contributed by atoms with Gasteiger partial charge in [-0.1, -0.05) is 48.4 Å². The summed E-state index contributed by atoms with van der Waals surface area (Å²) < 4.78 is 11.9. The molecule has 2 aromatic carbocycles. The Morgan fingerprint density at radius 3 is 2.69 bits per heavy atom. The summed E-state index contributed by atoms with van der Waals surface area (Å²) in [5, 5.41) is 3.57. The summed E-state index contributed by atoms with van der Waals surface area (Å²) in [5.74, 6) is 0.383. The topological polar surface area (TPSA) is 50.8 Å². The number of nitrogens with zero attached hydrogens (tertiary/aromatic N) is 1. The lowest BCUT2D eigenvalue weighted by atomic mass is 9.99. The zero-order valence-corrected chi connectivity index (χ0v) is 17.2. The summed E-state index contributed by atoms with van der Waals surface area (Å²) in [4.78, 5) is 15.2. The summed E-state index contributed by atoms with van der Waals surface area (Å²) in [6.45, 7) is 3.96. The van der Waals surface area contributed by atoms with E-state index in [0.29, 0.717) is 17.3 Å². The highest BCUT2D eigenvalue weighted by Gasteiger charge is 2.34. The van der Waals surface area contributed by atoms with Crippen molar-refractivity contribution in [2.45, 2.75) is 38.1 Å². The van der Waals surface area contributed by atoms with E-state index in [-0.39, 0.29) is 5.91 Å². The predicted molar refractivity (Wildman–Crippen MR) is 113 cm³/mol. The molecule has 1 N–H and O–H groups in total. The normalized spacial score (nSPS) is 21.8. The predicted octanol–water partition coefficient (Wildman–Crippen LogP) is 4.16. The molecule has 2 unspecified atom stereocenters. The third-order valence-electron chi connectivity index (χ3n) is 5.46. The van der Waals surface area contributed by atoms with E-state index in [4.69, 9.17) is 21.1 Å². The van der Waals surface area contributed by atoms with E-state index in [1.54, 1.807) is 12.1 Å². The van der Waals surface area contributed by atoms with Gasteiger partial charge in [-0.25, -0.2) is 0 Å². The fourth-order valence-corrected chi connectivity index (χ4v) is 4.13. The SMILES string of the molecule is O=C(NCCCN1CCCCC1)C1Oc2ccc(Cl)cc2C(c2ccccc2)O1. The molecule has 0 saturated carbocycles. The number of piperidine rings is 1. The molecule has 2 heterocycles. The number of nitrogens with one attached hydrogen (secondary N) is 1. The van der Waals surface area contributed by atoms with Crippen molar-refractivity contribution in [3.05, 3.63) is 64.7 Å². The number of hydrogen-bond acceptors (Lipinski definition) is 4. The Hall–Kier alpha value is -2.08. The molecule has 6 heteroatoms. The highest BCUT2D eigenvalue weighted by molar-refractivity contribution is 6.30. The number of carbonyl (C=O) groups excluding carboxylic acids is 1. The maximum Gasteiger partial charge on any atom is 0.289 e. The highest BCUT2D eigenvalue weighted by Crippen LogP contribution is 2.39. The van der Waals surface area contributed by atoms with Crippen LogP contribution in [0.15, 0.2) is 48.5 Å². The number of amides is 1. The summed E-state index contributed by atoms with van der Waals surface area (Å²) in [6.07, 6.45) is 3.43. The Morgan fingerprint density at radius 2 is 1.90 bits per heavy atom. The second kappa shape index (κ2) is 9.61. The number of hydrogen-bond donors (Lipinski definition) is 1. The lowest BCUT2D eigenvalue weighted by Crippen LogP contribution is -2.44. The van der Waals surface area contributed by atoms with Gasteiger partial charge in [0.1, 0.15) is 11.9 Å². The van der Waals surface area contributed by atoms with Crippen LogP contribution in [-0.2, 0) is 9.53 Å². The zero-order valence-electron chi connectivity index (χ0n) is 16.5. The third kappa shape index (κ3) is 5.10. The molecule has 2 aromatic rings. The molecule has 0 radical (unpaired) electrons. The van der Waals surface area contributed by atoms with E-state index in [0.717, 1.165) is 24.1 Å². The lowest BCUT2D eigenvalue weighted by molar-refractivity contribution is -0.165. The van der Waals surface area contributed by atoms with Crippen molar-refractivity contribution < 1.29 is 14.3 Å². The zero-order chi connectivity index (χ0) is 20.1. The van der Waals surface area contributed by atoms with Gasteiger partial charge in [0.05, 0.1) is 0 Å². The Balaban J connectivity index is 1.39. The molecule has 2 aliphatic rings. The maximum absolute atomic E-state index is 12.7. The van der Waals surface area contributed by atoms with Gasteiger partial charge in [-0.05, 0) is 62.7 Å². The number of ether oxygens (including phenoxy) is 2. The summed E-state index contributed by atoms with van der Waals surface area (Å²) in [5.41, 5.74) is 1.79. The number of likely N-dealkylation sites (tertiary alicyclic amines) is 1. The largest absolute Gasteiger partial charge is 0.455 e. The van der Waals surface area contributed by atoms with Gasteiger partial charge in [-0.3, -0.25) is 4.79 Å². The van der Waals surface area contributed by atoms with Crippen molar-refractivity contribution in [2.24, 2.45) is 0 Å². The first-order valence-corrected chi connectivity index (χ1v) is 10.7. The molecule has 0 aliphatic carbocycles. The second-order valence-electron chi connectivity index (χ2n) is 7.61. The fraction of sp³-hybridized carbons (Fsp3) is 0.435. The molecule has 29 heavy (non-hydrogen) atoms. The first-order valence-electron chi connectivity index (χ1n) is 10.4. The number of rotatable bonds is 6. The van der Waals surface area contributed by atoms with Gasteiger partial charge in [0.15, 0.2) is 0 Å². The van der Waals surface area contributed by atoms with Crippen LogP contribution in [0.3, 0.4) is 0 Å². The lowest BCUT2D eigenvalue weighted by Gasteiger charge is -2.32. The van der Waals surface area contributed by atoms with Crippen molar-refractivity contribution in [3.8, 4) is 5.75 Å². The van der Waals surface area contributed by atoms with Crippen LogP contribution >= 0.6 is 11.6 Å². The Morgan fingerprint density at radius 1 is 1.10 bits per heavy atom. The quantitative estimate of drug-likeness (QED) is 0.721. The molecule has 5 nitrogen and oxygen atoms in total. The van der Waals surface area contributed by atoms with Crippen LogP contribution in [0.1, 0.15) is 42.9 Å². The molecule has 0 spiro atoms. The van der Waals surface area contributed by atoms with Gasteiger partial charge < -0.3 is 19.7 Å². The van der Waals surface area contributed by atoms with E-state index in [9.17, 15) is 4.79 Å². The molecule has 1 fully saturated rings. The van der Waals surface area contributed by atoms with Gasteiger partial charge in [-0.15, -0.1) is 0 Å². The second-order valence-corrected chi connectivity index (χ2v) is 8.04. The summed E-state index contributed by atoms with van der Waals surface area (Å²) in [6, 6.07) is 15.2. The molecule has 0 bridgehead atoms. The van der Waals surface area contributed by atoms with Gasteiger partial charge >= 0.3 is 0 Å². The van der Waals surface area contributed by atoms with Crippen LogP contribution < -0.4 is 10.1 Å². The maximum atomic E-state index is 12.7. The number of benzene rings is 2. The fourth-order valence-electron chi connectivity index (χ4n) is 3.95. The monoisotopic (exact) mass is 414 g/mol. The van der Waals surface area contributed by atoms with Crippen molar-refractivity contribution in [1.29, 1.82) is 0 Å². The summed E-state index contributed by atoms with van der Waals surface area (Å²) in [7, 11) is 0. The Labute approximate surface area is 176 Å². The van der Waals surface area contributed by atoms with Crippen LogP contribution in [0.2, 0.25) is 5.02 Å². The first-order chi connectivity index (χ1) is 14.2. The molecule has 2 aliphatic heterocycles. The van der Waals surface area contributed by atoms with Crippen molar-refractivity contribution in [1.82, 2.24) is 10.2 Å². The van der Waals surface area contributed by atoms with Crippen molar-refractivity contribution >= 4 is 17.5 Å².